The number of hydrogen-bond acceptors (Lipinski definition) is 6. The van der Waals surface area contributed by atoms with Gasteiger partial charge in [-0.2, -0.15) is 4.98 Å². The minimum atomic E-state index is -0.634. The first-order valence-electron chi connectivity index (χ1n) is 7.91. The Morgan fingerprint density at radius 3 is 3.00 bits per heavy atom. The molecule has 0 saturated carbocycles. The van der Waals surface area contributed by atoms with Gasteiger partial charge < -0.3 is 20.2 Å². The van der Waals surface area contributed by atoms with Crippen LogP contribution < -0.4 is 10.6 Å². The SMILES string of the molecule is Nc1nc(Cl)cc(N2CCCCC[C@H]2C[C@@H](O)c2ccco2)n1. The second-order valence-electron chi connectivity index (χ2n) is 5.87. The van der Waals surface area contributed by atoms with Gasteiger partial charge in [-0.15, -0.1) is 0 Å². The number of nitrogen functional groups attached to an aromatic ring is 1. The van der Waals surface area contributed by atoms with Crippen LogP contribution in [0.1, 0.15) is 44.0 Å². The van der Waals surface area contributed by atoms with Gasteiger partial charge in [-0.05, 0) is 25.0 Å². The summed E-state index contributed by atoms with van der Waals surface area (Å²) in [6.07, 6.45) is 5.88. The van der Waals surface area contributed by atoms with E-state index in [2.05, 4.69) is 14.9 Å². The van der Waals surface area contributed by atoms with Crippen LogP contribution in [0.2, 0.25) is 5.15 Å². The molecule has 0 amide bonds. The van der Waals surface area contributed by atoms with Crippen molar-refractivity contribution in [1.82, 2.24) is 9.97 Å². The minimum absolute atomic E-state index is 0.156. The Morgan fingerprint density at radius 2 is 2.26 bits per heavy atom. The van der Waals surface area contributed by atoms with Crippen molar-refractivity contribution in [2.75, 3.05) is 17.2 Å². The molecule has 6 nitrogen and oxygen atoms in total. The van der Waals surface area contributed by atoms with Gasteiger partial charge in [-0.3, -0.25) is 0 Å². The van der Waals surface area contributed by atoms with Crippen LogP contribution in [0.3, 0.4) is 0 Å². The molecule has 1 fully saturated rings. The summed E-state index contributed by atoms with van der Waals surface area (Å²) >= 11 is 6.02. The molecule has 0 unspecified atom stereocenters. The Labute approximate surface area is 140 Å². The molecule has 0 aliphatic carbocycles. The fourth-order valence-electron chi connectivity index (χ4n) is 3.15. The number of aliphatic hydroxyl groups is 1. The third-order valence-corrected chi connectivity index (χ3v) is 4.43. The number of hydrogen-bond donors (Lipinski definition) is 2. The number of nitrogens with zero attached hydrogens (tertiary/aromatic N) is 3. The van der Waals surface area contributed by atoms with Crippen LogP contribution in [0.4, 0.5) is 11.8 Å². The second kappa shape index (κ2) is 7.19. The maximum Gasteiger partial charge on any atom is 0.223 e. The molecule has 3 heterocycles. The molecule has 1 aliphatic heterocycles. The molecule has 3 rings (SSSR count). The molecule has 124 valence electrons. The Hall–Kier alpha value is -1.79. The molecule has 0 aromatic carbocycles. The molecule has 7 heteroatoms. The van der Waals surface area contributed by atoms with Crippen LogP contribution >= 0.6 is 11.6 Å². The number of nitrogens with two attached hydrogens (primary N) is 1. The van der Waals surface area contributed by atoms with Crippen LogP contribution in [-0.4, -0.2) is 27.7 Å². The number of anilines is 2. The first-order valence-corrected chi connectivity index (χ1v) is 8.29. The van der Waals surface area contributed by atoms with Crippen molar-refractivity contribution in [1.29, 1.82) is 0 Å². The topological polar surface area (TPSA) is 88.4 Å². The van der Waals surface area contributed by atoms with Gasteiger partial charge in [0.2, 0.25) is 5.95 Å². The lowest BCUT2D eigenvalue weighted by Crippen LogP contribution is -2.37. The molecule has 23 heavy (non-hydrogen) atoms. The highest BCUT2D eigenvalue weighted by molar-refractivity contribution is 6.29. The monoisotopic (exact) mass is 336 g/mol. The van der Waals surface area contributed by atoms with Crippen molar-refractivity contribution in [2.24, 2.45) is 0 Å². The Bertz CT molecular complexity index is 615. The first kappa shape index (κ1) is 16.1. The highest BCUT2D eigenvalue weighted by atomic mass is 35.5. The van der Waals surface area contributed by atoms with E-state index in [-0.39, 0.29) is 12.0 Å². The molecule has 2 aromatic rings. The van der Waals surface area contributed by atoms with E-state index in [0.29, 0.717) is 17.3 Å². The highest BCUT2D eigenvalue weighted by Crippen LogP contribution is 2.30. The minimum Gasteiger partial charge on any atom is -0.467 e. The smallest absolute Gasteiger partial charge is 0.223 e. The average molecular weight is 337 g/mol. The van der Waals surface area contributed by atoms with Crippen molar-refractivity contribution >= 4 is 23.4 Å². The van der Waals surface area contributed by atoms with Crippen LogP contribution in [0.25, 0.3) is 0 Å². The zero-order valence-electron chi connectivity index (χ0n) is 12.9. The lowest BCUT2D eigenvalue weighted by molar-refractivity contribution is 0.129. The van der Waals surface area contributed by atoms with E-state index in [1.54, 1.807) is 24.5 Å². The maximum atomic E-state index is 10.4. The van der Waals surface area contributed by atoms with Gasteiger partial charge >= 0.3 is 0 Å². The summed E-state index contributed by atoms with van der Waals surface area (Å²) in [5, 5.41) is 10.8. The van der Waals surface area contributed by atoms with E-state index in [1.807, 2.05) is 0 Å². The Kier molecular flexibility index (Phi) is 5.03. The maximum absolute atomic E-state index is 10.4. The molecular weight excluding hydrogens is 316 g/mol. The van der Waals surface area contributed by atoms with Crippen molar-refractivity contribution < 1.29 is 9.52 Å². The van der Waals surface area contributed by atoms with Crippen LogP contribution in [0.5, 0.6) is 0 Å². The number of rotatable bonds is 4. The molecule has 0 radical (unpaired) electrons. The molecule has 2 aromatic heterocycles. The lowest BCUT2D eigenvalue weighted by atomic mass is 10.0. The van der Waals surface area contributed by atoms with E-state index in [1.165, 1.54) is 0 Å². The van der Waals surface area contributed by atoms with Crippen molar-refractivity contribution in [3.8, 4) is 0 Å². The fraction of sp³-hybridized carbons (Fsp3) is 0.500. The van der Waals surface area contributed by atoms with Gasteiger partial charge in [0.15, 0.2) is 0 Å². The fourth-order valence-corrected chi connectivity index (χ4v) is 3.33. The third kappa shape index (κ3) is 3.95. The van der Waals surface area contributed by atoms with Crippen molar-refractivity contribution in [3.63, 3.8) is 0 Å². The van der Waals surface area contributed by atoms with Crippen LogP contribution in [0, 0.1) is 0 Å². The van der Waals surface area contributed by atoms with Crippen molar-refractivity contribution in [3.05, 3.63) is 35.4 Å². The van der Waals surface area contributed by atoms with E-state index in [9.17, 15) is 5.11 Å². The molecular formula is C16H21ClN4O2. The van der Waals surface area contributed by atoms with Gasteiger partial charge in [-0.1, -0.05) is 24.4 Å². The quantitative estimate of drug-likeness (QED) is 0.834. The predicted molar refractivity (Wildman–Crippen MR) is 89.3 cm³/mol. The second-order valence-corrected chi connectivity index (χ2v) is 6.26. The van der Waals surface area contributed by atoms with Gasteiger partial charge in [0.1, 0.15) is 22.8 Å². The zero-order chi connectivity index (χ0) is 16.2. The predicted octanol–water partition coefficient (Wildman–Crippen LogP) is 3.18. The van der Waals surface area contributed by atoms with Crippen LogP contribution in [-0.2, 0) is 0 Å². The summed E-state index contributed by atoms with van der Waals surface area (Å²) in [4.78, 5) is 10.4. The van der Waals surface area contributed by atoms with Gasteiger partial charge in [0.05, 0.1) is 6.26 Å². The van der Waals surface area contributed by atoms with E-state index in [0.717, 1.165) is 38.0 Å². The highest BCUT2D eigenvalue weighted by Gasteiger charge is 2.26. The number of aliphatic hydroxyl groups excluding tert-OH is 1. The van der Waals surface area contributed by atoms with Crippen molar-refractivity contribution in [2.45, 2.75) is 44.2 Å². The molecule has 1 saturated heterocycles. The number of halogens is 1. The first-order chi connectivity index (χ1) is 11.1. The summed E-state index contributed by atoms with van der Waals surface area (Å²) < 4.78 is 5.31. The number of aromatic nitrogens is 2. The zero-order valence-corrected chi connectivity index (χ0v) is 13.6. The van der Waals surface area contributed by atoms with Gasteiger partial charge in [0.25, 0.3) is 0 Å². The Morgan fingerprint density at radius 1 is 1.39 bits per heavy atom. The Balaban J connectivity index is 1.82. The summed E-state index contributed by atoms with van der Waals surface area (Å²) in [5.41, 5.74) is 5.73. The van der Waals surface area contributed by atoms with E-state index < -0.39 is 6.10 Å². The third-order valence-electron chi connectivity index (χ3n) is 4.24. The molecule has 2 atom stereocenters. The van der Waals surface area contributed by atoms with E-state index in [4.69, 9.17) is 21.8 Å². The summed E-state index contributed by atoms with van der Waals surface area (Å²) in [6, 6.07) is 5.47. The summed E-state index contributed by atoms with van der Waals surface area (Å²) in [6.45, 7) is 0.863. The average Bonchev–Trinajstić information content (AvgIpc) is 2.94. The lowest BCUT2D eigenvalue weighted by Gasteiger charge is -2.32. The summed E-state index contributed by atoms with van der Waals surface area (Å²) in [5.74, 6) is 1.48. The van der Waals surface area contributed by atoms with Gasteiger partial charge in [0, 0.05) is 25.1 Å². The van der Waals surface area contributed by atoms with Gasteiger partial charge in [-0.25, -0.2) is 4.98 Å². The molecule has 3 N–H and O–H groups in total. The van der Waals surface area contributed by atoms with E-state index >= 15 is 0 Å². The molecule has 0 bridgehead atoms. The largest absolute Gasteiger partial charge is 0.467 e. The number of furan rings is 1. The normalized spacial score (nSPS) is 20.3. The molecule has 0 spiro atoms. The van der Waals surface area contributed by atoms with Crippen LogP contribution in [0.15, 0.2) is 28.9 Å². The standard InChI is InChI=1S/C16H21ClN4O2/c17-14-10-15(20-16(18)19-14)21-7-3-1-2-5-11(21)9-12(22)13-6-4-8-23-13/h4,6,8,10-12,22H,1-3,5,7,9H2,(H2,18,19,20)/t11-,12+/m0/s1. The molecule has 1 aliphatic rings. The summed E-state index contributed by atoms with van der Waals surface area (Å²) in [7, 11) is 0.